The van der Waals surface area contributed by atoms with Crippen LogP contribution in [0.15, 0.2) is 24.8 Å². The fourth-order valence-corrected chi connectivity index (χ4v) is 1.95. The summed E-state index contributed by atoms with van der Waals surface area (Å²) in [5.41, 5.74) is 1.79. The van der Waals surface area contributed by atoms with E-state index in [0.717, 1.165) is 18.7 Å². The van der Waals surface area contributed by atoms with E-state index in [0.29, 0.717) is 17.7 Å². The zero-order valence-corrected chi connectivity index (χ0v) is 11.3. The van der Waals surface area contributed by atoms with Crippen molar-refractivity contribution in [2.24, 2.45) is 0 Å². The Labute approximate surface area is 108 Å². The number of hydrogen-bond acceptors (Lipinski definition) is 2. The van der Waals surface area contributed by atoms with Crippen LogP contribution in [0.3, 0.4) is 0 Å². The summed E-state index contributed by atoms with van der Waals surface area (Å²) in [4.78, 5) is 13.7. The summed E-state index contributed by atoms with van der Waals surface area (Å²) in [6.45, 7) is 10.4. The average molecular weight is 249 g/mol. The van der Waals surface area contributed by atoms with E-state index in [9.17, 15) is 9.18 Å². The molecule has 0 aromatic heterocycles. The van der Waals surface area contributed by atoms with E-state index in [1.165, 1.54) is 13.0 Å². The highest BCUT2D eigenvalue weighted by molar-refractivity contribution is 6.00. The molecule has 0 unspecified atom stereocenters. The number of anilines is 1. The maximum absolute atomic E-state index is 13.6. The van der Waals surface area contributed by atoms with Crippen LogP contribution in [0.1, 0.15) is 36.2 Å². The summed E-state index contributed by atoms with van der Waals surface area (Å²) >= 11 is 0. The molecule has 0 bridgehead atoms. The van der Waals surface area contributed by atoms with Gasteiger partial charge in [0.25, 0.3) is 0 Å². The van der Waals surface area contributed by atoms with Gasteiger partial charge in [-0.1, -0.05) is 13.0 Å². The average Bonchev–Trinajstić information content (AvgIpc) is 2.31. The quantitative estimate of drug-likeness (QED) is 0.565. The molecule has 0 N–H and O–H groups in total. The summed E-state index contributed by atoms with van der Waals surface area (Å²) in [5.74, 6) is -0.451. The molecule has 98 valence electrons. The number of ketones is 1. The Hall–Kier alpha value is -1.64. The largest absolute Gasteiger partial charge is 0.367 e. The van der Waals surface area contributed by atoms with Gasteiger partial charge in [0.2, 0.25) is 0 Å². The molecule has 0 atom stereocenters. The van der Waals surface area contributed by atoms with Gasteiger partial charge in [-0.3, -0.25) is 4.79 Å². The van der Waals surface area contributed by atoms with E-state index < -0.39 is 0 Å². The first-order valence-corrected chi connectivity index (χ1v) is 6.18. The lowest BCUT2D eigenvalue weighted by atomic mass is 10.0. The molecule has 18 heavy (non-hydrogen) atoms. The van der Waals surface area contributed by atoms with Crippen molar-refractivity contribution in [3.63, 3.8) is 0 Å². The van der Waals surface area contributed by atoms with Crippen molar-refractivity contribution in [1.29, 1.82) is 0 Å². The first kappa shape index (κ1) is 14.4. The van der Waals surface area contributed by atoms with Gasteiger partial charge in [-0.2, -0.15) is 0 Å². The van der Waals surface area contributed by atoms with Crippen LogP contribution in [0.4, 0.5) is 10.1 Å². The zero-order chi connectivity index (χ0) is 13.7. The molecule has 0 heterocycles. The SMILES string of the molecule is C=CCN(CCC)c1cc(C)c(F)cc1C(C)=O. The van der Waals surface area contributed by atoms with Crippen molar-refractivity contribution < 1.29 is 9.18 Å². The number of benzene rings is 1. The molecule has 3 heteroatoms. The zero-order valence-electron chi connectivity index (χ0n) is 11.3. The third-order valence-corrected chi connectivity index (χ3v) is 2.84. The van der Waals surface area contributed by atoms with Crippen LogP contribution in [0, 0.1) is 12.7 Å². The van der Waals surface area contributed by atoms with Crippen molar-refractivity contribution >= 4 is 11.5 Å². The summed E-state index contributed by atoms with van der Waals surface area (Å²) in [5, 5.41) is 0. The topological polar surface area (TPSA) is 20.3 Å². The van der Waals surface area contributed by atoms with Crippen molar-refractivity contribution in [3.8, 4) is 0 Å². The van der Waals surface area contributed by atoms with E-state index in [-0.39, 0.29) is 11.6 Å². The molecule has 0 aliphatic heterocycles. The lowest BCUT2D eigenvalue weighted by Crippen LogP contribution is -2.26. The first-order chi connectivity index (χ1) is 8.51. The second kappa shape index (κ2) is 6.34. The van der Waals surface area contributed by atoms with Crippen molar-refractivity contribution in [3.05, 3.63) is 41.7 Å². The van der Waals surface area contributed by atoms with Gasteiger partial charge < -0.3 is 4.90 Å². The minimum absolute atomic E-state index is 0.117. The predicted molar refractivity (Wildman–Crippen MR) is 73.8 cm³/mol. The van der Waals surface area contributed by atoms with E-state index in [2.05, 4.69) is 18.4 Å². The molecule has 2 nitrogen and oxygen atoms in total. The van der Waals surface area contributed by atoms with Gasteiger partial charge in [-0.15, -0.1) is 6.58 Å². The molecular weight excluding hydrogens is 229 g/mol. The van der Waals surface area contributed by atoms with Gasteiger partial charge in [-0.25, -0.2) is 4.39 Å². The highest BCUT2D eigenvalue weighted by Gasteiger charge is 2.15. The molecule has 0 saturated heterocycles. The molecule has 0 radical (unpaired) electrons. The standard InChI is InChI=1S/C15H20FNO/c1-5-7-17(8-6-2)15-9-11(3)14(16)10-13(15)12(4)18/h5,9-10H,1,6-8H2,2-4H3. The van der Waals surface area contributed by atoms with Gasteiger partial charge in [-0.05, 0) is 38.0 Å². The second-order valence-corrected chi connectivity index (χ2v) is 4.41. The highest BCUT2D eigenvalue weighted by atomic mass is 19.1. The smallest absolute Gasteiger partial charge is 0.161 e. The van der Waals surface area contributed by atoms with Crippen LogP contribution in [-0.2, 0) is 0 Å². The maximum atomic E-state index is 13.6. The second-order valence-electron chi connectivity index (χ2n) is 4.41. The number of rotatable bonds is 6. The van der Waals surface area contributed by atoms with Crippen LogP contribution in [0.25, 0.3) is 0 Å². The first-order valence-electron chi connectivity index (χ1n) is 6.18. The Kier molecular flexibility index (Phi) is 5.08. The maximum Gasteiger partial charge on any atom is 0.161 e. The van der Waals surface area contributed by atoms with Crippen LogP contribution >= 0.6 is 0 Å². The normalized spacial score (nSPS) is 10.2. The van der Waals surface area contributed by atoms with Gasteiger partial charge in [0.1, 0.15) is 5.82 Å². The molecule has 0 aliphatic rings. The number of carbonyl (C=O) groups excluding carboxylic acids is 1. The van der Waals surface area contributed by atoms with Crippen molar-refractivity contribution in [2.75, 3.05) is 18.0 Å². The fraction of sp³-hybridized carbons (Fsp3) is 0.400. The highest BCUT2D eigenvalue weighted by Crippen LogP contribution is 2.25. The van der Waals surface area contributed by atoms with E-state index >= 15 is 0 Å². The summed E-state index contributed by atoms with van der Waals surface area (Å²) in [7, 11) is 0. The van der Waals surface area contributed by atoms with Crippen LogP contribution in [-0.4, -0.2) is 18.9 Å². The van der Waals surface area contributed by atoms with E-state index in [1.54, 1.807) is 19.1 Å². The van der Waals surface area contributed by atoms with Gasteiger partial charge in [0.15, 0.2) is 5.78 Å². The molecule has 0 spiro atoms. The summed E-state index contributed by atoms with van der Waals surface area (Å²) < 4.78 is 13.6. The molecular formula is C15H20FNO. The van der Waals surface area contributed by atoms with Crippen LogP contribution < -0.4 is 4.90 Å². The minimum atomic E-state index is -0.334. The molecule has 0 aliphatic carbocycles. The molecule has 0 fully saturated rings. The van der Waals surface area contributed by atoms with Crippen molar-refractivity contribution in [1.82, 2.24) is 0 Å². The Morgan fingerprint density at radius 2 is 2.17 bits per heavy atom. The molecule has 0 amide bonds. The lowest BCUT2D eigenvalue weighted by Gasteiger charge is -2.25. The number of nitrogens with zero attached hydrogens (tertiary/aromatic N) is 1. The molecule has 1 rings (SSSR count). The lowest BCUT2D eigenvalue weighted by molar-refractivity contribution is 0.101. The Morgan fingerprint density at radius 1 is 1.50 bits per heavy atom. The number of carbonyl (C=O) groups is 1. The summed E-state index contributed by atoms with van der Waals surface area (Å²) in [6, 6.07) is 3.07. The Morgan fingerprint density at radius 3 is 2.67 bits per heavy atom. The Balaban J connectivity index is 3.29. The van der Waals surface area contributed by atoms with E-state index in [4.69, 9.17) is 0 Å². The number of Topliss-reactive ketones (excluding diaryl/α,β-unsaturated/α-hetero) is 1. The fourth-order valence-electron chi connectivity index (χ4n) is 1.95. The van der Waals surface area contributed by atoms with Gasteiger partial charge in [0.05, 0.1) is 0 Å². The summed E-state index contributed by atoms with van der Waals surface area (Å²) in [6.07, 6.45) is 2.75. The van der Waals surface area contributed by atoms with Gasteiger partial charge in [0, 0.05) is 24.3 Å². The minimum Gasteiger partial charge on any atom is -0.367 e. The predicted octanol–water partition coefficient (Wildman–Crippen LogP) is 3.74. The third-order valence-electron chi connectivity index (χ3n) is 2.84. The molecule has 1 aromatic rings. The number of halogens is 1. The number of aryl methyl sites for hydroxylation is 1. The van der Waals surface area contributed by atoms with Crippen LogP contribution in [0.5, 0.6) is 0 Å². The molecule has 1 aromatic carbocycles. The Bertz CT molecular complexity index is 454. The number of hydrogen-bond donors (Lipinski definition) is 0. The monoisotopic (exact) mass is 249 g/mol. The van der Waals surface area contributed by atoms with E-state index in [1.807, 2.05) is 0 Å². The van der Waals surface area contributed by atoms with Crippen molar-refractivity contribution in [2.45, 2.75) is 27.2 Å². The van der Waals surface area contributed by atoms with Gasteiger partial charge >= 0.3 is 0 Å². The molecule has 0 saturated carbocycles. The van der Waals surface area contributed by atoms with Crippen LogP contribution in [0.2, 0.25) is 0 Å². The third kappa shape index (κ3) is 3.19.